The molecule has 0 aromatic rings. The maximum absolute atomic E-state index is 11.9. The standard InChI is InChI=1S/C22H34O5/c1-14-11-16(26-15(2)23)18-19(3,4)7-6-8-20(18,5)22(14)10-9-21(27-22)12-17(24)25-13-21/h14,16,18H,6-13H2,1-5H3. The molecule has 2 aliphatic carbocycles. The van der Waals surface area contributed by atoms with Crippen molar-refractivity contribution in [1.82, 2.24) is 0 Å². The molecule has 2 heterocycles. The predicted molar refractivity (Wildman–Crippen MR) is 99.9 cm³/mol. The van der Waals surface area contributed by atoms with Crippen LogP contribution < -0.4 is 0 Å². The highest BCUT2D eigenvalue weighted by atomic mass is 16.6. The maximum atomic E-state index is 11.9. The van der Waals surface area contributed by atoms with Crippen LogP contribution >= 0.6 is 0 Å². The second-order valence-corrected chi connectivity index (χ2v) is 10.5. The smallest absolute Gasteiger partial charge is 0.308 e. The SMILES string of the molecule is CC(=O)OC1CC(C)C2(CCC3(COC(=O)C3)O2)C2(C)CCCC(C)(C)C12. The van der Waals surface area contributed by atoms with Crippen molar-refractivity contribution < 1.29 is 23.8 Å². The molecule has 6 unspecified atom stereocenters. The monoisotopic (exact) mass is 378 g/mol. The van der Waals surface area contributed by atoms with Gasteiger partial charge in [0, 0.05) is 18.3 Å². The average Bonchev–Trinajstić information content (AvgIpc) is 3.09. The Balaban J connectivity index is 1.75. The number of carbonyl (C=O) groups is 2. The Hall–Kier alpha value is -1.10. The summed E-state index contributed by atoms with van der Waals surface area (Å²) in [4.78, 5) is 23.7. The first-order chi connectivity index (χ1) is 12.5. The number of carbonyl (C=O) groups excluding carboxylic acids is 2. The van der Waals surface area contributed by atoms with Crippen LogP contribution in [0.15, 0.2) is 0 Å². The molecule has 5 nitrogen and oxygen atoms in total. The van der Waals surface area contributed by atoms with E-state index in [-0.39, 0.29) is 46.3 Å². The lowest BCUT2D eigenvalue weighted by molar-refractivity contribution is -0.272. The van der Waals surface area contributed by atoms with Crippen LogP contribution in [0.3, 0.4) is 0 Å². The third-order valence-corrected chi connectivity index (χ3v) is 8.40. The van der Waals surface area contributed by atoms with Crippen LogP contribution in [0.5, 0.6) is 0 Å². The van der Waals surface area contributed by atoms with Gasteiger partial charge in [-0.1, -0.05) is 34.1 Å². The summed E-state index contributed by atoms with van der Waals surface area (Å²) in [7, 11) is 0. The van der Waals surface area contributed by atoms with Gasteiger partial charge in [-0.25, -0.2) is 0 Å². The first-order valence-corrected chi connectivity index (χ1v) is 10.6. The van der Waals surface area contributed by atoms with Gasteiger partial charge >= 0.3 is 11.9 Å². The van der Waals surface area contributed by atoms with Crippen molar-refractivity contribution >= 4 is 11.9 Å². The predicted octanol–water partition coefficient (Wildman–Crippen LogP) is 4.03. The van der Waals surface area contributed by atoms with E-state index in [1.54, 1.807) is 0 Å². The molecule has 0 N–H and O–H groups in total. The van der Waals surface area contributed by atoms with Gasteiger partial charge in [0.15, 0.2) is 0 Å². The highest BCUT2D eigenvalue weighted by Gasteiger charge is 2.70. The van der Waals surface area contributed by atoms with E-state index in [9.17, 15) is 9.59 Å². The second-order valence-electron chi connectivity index (χ2n) is 10.5. The molecule has 152 valence electrons. The number of ether oxygens (including phenoxy) is 3. The molecule has 0 amide bonds. The topological polar surface area (TPSA) is 61.8 Å². The highest BCUT2D eigenvalue weighted by Crippen LogP contribution is 2.68. The van der Waals surface area contributed by atoms with Gasteiger partial charge < -0.3 is 14.2 Å². The lowest BCUT2D eigenvalue weighted by Gasteiger charge is -2.65. The van der Waals surface area contributed by atoms with Gasteiger partial charge in [-0.3, -0.25) is 9.59 Å². The molecule has 5 heteroatoms. The van der Waals surface area contributed by atoms with Gasteiger partial charge in [-0.2, -0.15) is 0 Å². The zero-order valence-electron chi connectivity index (χ0n) is 17.4. The zero-order valence-corrected chi connectivity index (χ0v) is 17.4. The Labute approximate surface area is 162 Å². The van der Waals surface area contributed by atoms with E-state index in [4.69, 9.17) is 14.2 Å². The summed E-state index contributed by atoms with van der Waals surface area (Å²) in [5.74, 6) is 0.198. The molecular formula is C22H34O5. The Morgan fingerprint density at radius 3 is 2.52 bits per heavy atom. The summed E-state index contributed by atoms with van der Waals surface area (Å²) in [6, 6.07) is 0. The summed E-state index contributed by atoms with van der Waals surface area (Å²) < 4.78 is 18.2. The van der Waals surface area contributed by atoms with Crippen molar-refractivity contribution in [2.45, 2.75) is 96.9 Å². The van der Waals surface area contributed by atoms with Crippen LogP contribution in [0.1, 0.15) is 79.6 Å². The Morgan fingerprint density at radius 2 is 1.89 bits per heavy atom. The number of hydrogen-bond donors (Lipinski definition) is 0. The van der Waals surface area contributed by atoms with Crippen LogP contribution in [-0.4, -0.2) is 35.9 Å². The van der Waals surface area contributed by atoms with Crippen molar-refractivity contribution in [3.63, 3.8) is 0 Å². The van der Waals surface area contributed by atoms with Gasteiger partial charge in [-0.05, 0) is 43.4 Å². The number of hydrogen-bond acceptors (Lipinski definition) is 5. The molecule has 4 rings (SSSR count). The van der Waals surface area contributed by atoms with Crippen LogP contribution in [0, 0.1) is 22.7 Å². The number of esters is 2. The fourth-order valence-corrected chi connectivity index (χ4v) is 7.49. The van der Waals surface area contributed by atoms with Crippen LogP contribution in [-0.2, 0) is 23.8 Å². The van der Waals surface area contributed by atoms with Crippen molar-refractivity contribution in [1.29, 1.82) is 0 Å². The molecule has 2 spiro atoms. The Morgan fingerprint density at radius 1 is 1.15 bits per heavy atom. The van der Waals surface area contributed by atoms with E-state index in [0.29, 0.717) is 13.0 Å². The summed E-state index contributed by atoms with van der Waals surface area (Å²) >= 11 is 0. The summed E-state index contributed by atoms with van der Waals surface area (Å²) in [5, 5.41) is 0. The van der Waals surface area contributed by atoms with E-state index in [1.807, 2.05) is 0 Å². The van der Waals surface area contributed by atoms with Crippen LogP contribution in [0.4, 0.5) is 0 Å². The normalized spacial score (nSPS) is 48.5. The Kier molecular flexibility index (Phi) is 4.24. The van der Waals surface area contributed by atoms with E-state index in [0.717, 1.165) is 38.5 Å². The zero-order chi connectivity index (χ0) is 19.7. The van der Waals surface area contributed by atoms with Crippen molar-refractivity contribution in [3.05, 3.63) is 0 Å². The molecule has 6 atom stereocenters. The molecule has 0 bridgehead atoms. The van der Waals surface area contributed by atoms with E-state index in [2.05, 4.69) is 27.7 Å². The van der Waals surface area contributed by atoms with Gasteiger partial charge in [-0.15, -0.1) is 0 Å². The number of fused-ring (bicyclic) bond motifs is 2. The maximum Gasteiger partial charge on any atom is 0.308 e. The summed E-state index contributed by atoms with van der Waals surface area (Å²) in [5.41, 5.74) is -0.724. The van der Waals surface area contributed by atoms with Crippen molar-refractivity contribution in [2.24, 2.45) is 22.7 Å². The molecule has 0 aromatic heterocycles. The van der Waals surface area contributed by atoms with E-state index in [1.165, 1.54) is 6.92 Å². The first-order valence-electron chi connectivity index (χ1n) is 10.6. The van der Waals surface area contributed by atoms with Gasteiger partial charge in [0.25, 0.3) is 0 Å². The molecule has 27 heavy (non-hydrogen) atoms. The molecular weight excluding hydrogens is 344 g/mol. The first kappa shape index (κ1) is 19.2. The number of rotatable bonds is 1. The largest absolute Gasteiger partial charge is 0.463 e. The second kappa shape index (κ2) is 5.95. The van der Waals surface area contributed by atoms with Gasteiger partial charge in [0.05, 0.1) is 12.0 Å². The van der Waals surface area contributed by atoms with Crippen molar-refractivity contribution in [2.75, 3.05) is 6.61 Å². The quantitative estimate of drug-likeness (QED) is 0.645. The van der Waals surface area contributed by atoms with E-state index < -0.39 is 5.60 Å². The fourth-order valence-electron chi connectivity index (χ4n) is 7.49. The summed E-state index contributed by atoms with van der Waals surface area (Å²) in [6.07, 6.45) is 6.35. The van der Waals surface area contributed by atoms with Crippen molar-refractivity contribution in [3.8, 4) is 0 Å². The fraction of sp³-hybridized carbons (Fsp3) is 0.909. The van der Waals surface area contributed by atoms with Crippen LogP contribution in [0.2, 0.25) is 0 Å². The molecule has 0 aromatic carbocycles. The van der Waals surface area contributed by atoms with Gasteiger partial charge in [0.2, 0.25) is 0 Å². The minimum Gasteiger partial charge on any atom is -0.463 e. The minimum atomic E-state index is -0.450. The third kappa shape index (κ3) is 2.67. The molecule has 2 saturated carbocycles. The molecule has 4 aliphatic rings. The molecule has 2 saturated heterocycles. The van der Waals surface area contributed by atoms with E-state index >= 15 is 0 Å². The van der Waals surface area contributed by atoms with Crippen LogP contribution in [0.25, 0.3) is 0 Å². The lowest BCUT2D eigenvalue weighted by Crippen LogP contribution is -2.67. The molecule has 4 fully saturated rings. The average molecular weight is 379 g/mol. The highest BCUT2D eigenvalue weighted by molar-refractivity contribution is 5.73. The Bertz CT molecular complexity index is 657. The lowest BCUT2D eigenvalue weighted by atomic mass is 9.43. The number of cyclic esters (lactones) is 1. The third-order valence-electron chi connectivity index (χ3n) is 8.40. The molecule has 0 radical (unpaired) electrons. The summed E-state index contributed by atoms with van der Waals surface area (Å²) in [6.45, 7) is 11.2. The van der Waals surface area contributed by atoms with Gasteiger partial charge in [0.1, 0.15) is 18.3 Å². The minimum absolute atomic E-state index is 0.0648. The molecule has 2 aliphatic heterocycles.